The number of hydrogen-bond acceptors (Lipinski definition) is 3. The van der Waals surface area contributed by atoms with E-state index in [4.69, 9.17) is 0 Å². The van der Waals surface area contributed by atoms with Crippen LogP contribution in [0.3, 0.4) is 0 Å². The first kappa shape index (κ1) is 8.33. The van der Waals surface area contributed by atoms with Gasteiger partial charge in [-0.05, 0) is 13.0 Å². The van der Waals surface area contributed by atoms with Crippen LogP contribution in [0.4, 0.5) is 0 Å². The van der Waals surface area contributed by atoms with Gasteiger partial charge in [0.25, 0.3) is 0 Å². The molecule has 0 bridgehead atoms. The minimum Gasteiger partial charge on any atom is -0.369 e. The summed E-state index contributed by atoms with van der Waals surface area (Å²) in [4.78, 5) is 0. The van der Waals surface area contributed by atoms with Crippen LogP contribution in [0.5, 0.6) is 0 Å². The van der Waals surface area contributed by atoms with Crippen LogP contribution >= 0.6 is 0 Å². The highest BCUT2D eigenvalue weighted by molar-refractivity contribution is 7.91. The van der Waals surface area contributed by atoms with Crippen LogP contribution in [-0.2, 0) is 9.84 Å². The van der Waals surface area contributed by atoms with Crippen LogP contribution in [0.15, 0.2) is 17.8 Å². The molecule has 1 rings (SSSR count). The van der Waals surface area contributed by atoms with E-state index in [1.807, 2.05) is 0 Å². The molecule has 1 atom stereocenters. The van der Waals surface area contributed by atoms with Crippen molar-refractivity contribution in [1.29, 1.82) is 0 Å². The van der Waals surface area contributed by atoms with Crippen molar-refractivity contribution in [1.82, 2.24) is 5.32 Å². The van der Waals surface area contributed by atoms with Crippen molar-refractivity contribution in [2.24, 2.45) is 0 Å². The molecule has 11 heavy (non-hydrogen) atoms. The van der Waals surface area contributed by atoms with E-state index in [1.165, 1.54) is 6.26 Å². The third-order valence-electron chi connectivity index (χ3n) is 1.39. The maximum Gasteiger partial charge on any atom is 0.171 e. The molecule has 1 aliphatic heterocycles. The van der Waals surface area contributed by atoms with Gasteiger partial charge in [0.2, 0.25) is 0 Å². The Morgan fingerprint density at radius 1 is 1.64 bits per heavy atom. The zero-order chi connectivity index (χ0) is 8.48. The first-order chi connectivity index (χ1) is 5.00. The predicted octanol–water partition coefficient (Wildman–Crippen LogP) is 0.223. The number of allylic oxidation sites excluding steroid dienone is 3. The number of rotatable bonds is 1. The van der Waals surface area contributed by atoms with Gasteiger partial charge in [-0.3, -0.25) is 0 Å². The van der Waals surface area contributed by atoms with E-state index in [9.17, 15) is 8.42 Å². The maximum absolute atomic E-state index is 11.0. The van der Waals surface area contributed by atoms with Crippen molar-refractivity contribution in [3.8, 4) is 0 Å². The Balaban J connectivity index is 2.83. The van der Waals surface area contributed by atoms with Crippen LogP contribution in [-0.4, -0.2) is 20.0 Å². The molecule has 1 aliphatic rings. The lowest BCUT2D eigenvalue weighted by Crippen LogP contribution is -2.34. The summed E-state index contributed by atoms with van der Waals surface area (Å²) >= 11 is 0. The molecule has 1 unspecified atom stereocenters. The Labute approximate surface area is 66.7 Å². The zero-order valence-corrected chi connectivity index (χ0v) is 7.27. The van der Waals surface area contributed by atoms with Crippen LogP contribution in [0.2, 0.25) is 0 Å². The molecule has 0 amide bonds. The maximum atomic E-state index is 11.0. The van der Waals surface area contributed by atoms with Gasteiger partial charge in [0.1, 0.15) is 5.37 Å². The van der Waals surface area contributed by atoms with Crippen LogP contribution < -0.4 is 5.32 Å². The molecular formula is C7H10NO2S. The lowest BCUT2D eigenvalue weighted by Gasteiger charge is -2.16. The molecule has 0 fully saturated rings. The van der Waals surface area contributed by atoms with Gasteiger partial charge in [0.05, 0.1) is 0 Å². The fraction of sp³-hybridized carbons (Fsp3) is 0.429. The van der Waals surface area contributed by atoms with Crippen molar-refractivity contribution in [3.05, 3.63) is 23.9 Å². The van der Waals surface area contributed by atoms with Gasteiger partial charge in [-0.1, -0.05) is 6.08 Å². The second-order valence-electron chi connectivity index (χ2n) is 2.52. The van der Waals surface area contributed by atoms with Gasteiger partial charge in [0.15, 0.2) is 9.84 Å². The van der Waals surface area contributed by atoms with E-state index in [0.29, 0.717) is 0 Å². The Hall–Kier alpha value is -0.770. The fourth-order valence-electron chi connectivity index (χ4n) is 0.813. The van der Waals surface area contributed by atoms with E-state index in [2.05, 4.69) is 11.4 Å². The Kier molecular flexibility index (Phi) is 2.04. The van der Waals surface area contributed by atoms with Crippen LogP contribution in [0.1, 0.15) is 6.92 Å². The summed E-state index contributed by atoms with van der Waals surface area (Å²) in [6.45, 7) is 1.78. The molecule has 1 heterocycles. The standard InChI is InChI=1S/C7H10NO2S/c1-6-4-3-5-7(8-6)11(2,9)10/h3,5,7-8H,1-2H3. The van der Waals surface area contributed by atoms with E-state index in [0.717, 1.165) is 5.70 Å². The summed E-state index contributed by atoms with van der Waals surface area (Å²) in [6, 6.07) is 0. The molecule has 0 aromatic carbocycles. The summed E-state index contributed by atoms with van der Waals surface area (Å²) in [7, 11) is -3.02. The first-order valence-corrected chi connectivity index (χ1v) is 5.18. The van der Waals surface area contributed by atoms with E-state index in [-0.39, 0.29) is 0 Å². The summed E-state index contributed by atoms with van der Waals surface area (Å²) in [5, 5.41) is 2.21. The minimum absolute atomic E-state index is 0.580. The average Bonchev–Trinajstić information content (AvgIpc) is 1.86. The second kappa shape index (κ2) is 2.70. The van der Waals surface area contributed by atoms with Crippen molar-refractivity contribution in [2.75, 3.05) is 6.26 Å². The highest BCUT2D eigenvalue weighted by atomic mass is 32.2. The molecule has 0 aromatic rings. The van der Waals surface area contributed by atoms with E-state index >= 15 is 0 Å². The Morgan fingerprint density at radius 3 is 2.64 bits per heavy atom. The fourth-order valence-corrected chi connectivity index (χ4v) is 1.57. The Bertz CT molecular complexity index is 300. The van der Waals surface area contributed by atoms with E-state index in [1.54, 1.807) is 19.1 Å². The third kappa shape index (κ3) is 2.08. The van der Waals surface area contributed by atoms with Gasteiger partial charge in [-0.25, -0.2) is 8.42 Å². The molecule has 0 aliphatic carbocycles. The van der Waals surface area contributed by atoms with Crippen molar-refractivity contribution in [3.63, 3.8) is 0 Å². The van der Waals surface area contributed by atoms with Crippen LogP contribution in [0, 0.1) is 6.08 Å². The number of nitrogens with one attached hydrogen (secondary N) is 1. The molecule has 0 aromatic heterocycles. The van der Waals surface area contributed by atoms with Gasteiger partial charge >= 0.3 is 0 Å². The number of hydrogen-bond donors (Lipinski definition) is 1. The summed E-state index contributed by atoms with van der Waals surface area (Å²) in [5.74, 6) is 0. The second-order valence-corrected chi connectivity index (χ2v) is 4.69. The third-order valence-corrected chi connectivity index (χ3v) is 2.59. The largest absolute Gasteiger partial charge is 0.369 e. The Morgan fingerprint density at radius 2 is 2.27 bits per heavy atom. The lowest BCUT2D eigenvalue weighted by molar-refractivity contribution is 0.585. The average molecular weight is 172 g/mol. The number of sulfone groups is 1. The number of dihydropyridines is 1. The monoisotopic (exact) mass is 172 g/mol. The van der Waals surface area contributed by atoms with Crippen molar-refractivity contribution in [2.45, 2.75) is 12.3 Å². The van der Waals surface area contributed by atoms with Crippen molar-refractivity contribution < 1.29 is 8.42 Å². The molecule has 3 nitrogen and oxygen atoms in total. The highest BCUT2D eigenvalue weighted by Gasteiger charge is 2.18. The minimum atomic E-state index is -3.02. The summed E-state index contributed by atoms with van der Waals surface area (Å²) in [5.41, 5.74) is 0.753. The highest BCUT2D eigenvalue weighted by Crippen LogP contribution is 2.05. The van der Waals surface area contributed by atoms with E-state index < -0.39 is 15.2 Å². The SMILES string of the molecule is CC1=[C]C=CC(S(C)(=O)=O)N1. The van der Waals surface area contributed by atoms with Gasteiger partial charge in [-0.15, -0.1) is 0 Å². The summed E-state index contributed by atoms with van der Waals surface area (Å²) in [6.07, 6.45) is 7.24. The molecule has 0 spiro atoms. The molecule has 1 radical (unpaired) electrons. The molecule has 4 heteroatoms. The molecule has 1 N–H and O–H groups in total. The van der Waals surface area contributed by atoms with Gasteiger partial charge < -0.3 is 5.32 Å². The molecule has 61 valence electrons. The smallest absolute Gasteiger partial charge is 0.171 e. The molecule has 0 saturated heterocycles. The predicted molar refractivity (Wildman–Crippen MR) is 43.3 cm³/mol. The van der Waals surface area contributed by atoms with Gasteiger partial charge in [-0.2, -0.15) is 0 Å². The quantitative estimate of drug-likeness (QED) is 0.615. The van der Waals surface area contributed by atoms with Crippen LogP contribution in [0.25, 0.3) is 0 Å². The van der Waals surface area contributed by atoms with Gasteiger partial charge in [0, 0.05) is 18.0 Å². The molecular weight excluding hydrogens is 162 g/mol. The zero-order valence-electron chi connectivity index (χ0n) is 6.46. The first-order valence-electron chi connectivity index (χ1n) is 3.22. The topological polar surface area (TPSA) is 46.2 Å². The molecule has 0 saturated carbocycles. The summed E-state index contributed by atoms with van der Waals surface area (Å²) < 4.78 is 22.0. The normalized spacial score (nSPS) is 24.2. The lowest BCUT2D eigenvalue weighted by atomic mass is 10.3. The van der Waals surface area contributed by atoms with Crippen molar-refractivity contribution >= 4 is 9.84 Å².